The fourth-order valence-corrected chi connectivity index (χ4v) is 1.95. The van der Waals surface area contributed by atoms with Crippen molar-refractivity contribution in [3.05, 3.63) is 12.2 Å². The summed E-state index contributed by atoms with van der Waals surface area (Å²) < 4.78 is 0. The molecule has 7 heteroatoms. The second-order valence-corrected chi connectivity index (χ2v) is 5.73. The molecule has 3 N–H and O–H groups in total. The van der Waals surface area contributed by atoms with Gasteiger partial charge in [0.25, 0.3) is 0 Å². The summed E-state index contributed by atoms with van der Waals surface area (Å²) >= 11 is 0. The number of carboxylic acid groups (broad SMARTS) is 2. The zero-order valence-corrected chi connectivity index (χ0v) is 13.5. The zero-order chi connectivity index (χ0) is 17.3. The van der Waals surface area contributed by atoms with Crippen molar-refractivity contribution in [2.24, 2.45) is 5.92 Å². The van der Waals surface area contributed by atoms with Gasteiger partial charge in [0.15, 0.2) is 5.78 Å². The van der Waals surface area contributed by atoms with Crippen LogP contribution in [0.3, 0.4) is 0 Å². The molecule has 0 aliphatic carbocycles. The molecule has 0 aliphatic heterocycles. The summed E-state index contributed by atoms with van der Waals surface area (Å²) in [5.41, 5.74) is 0.884. The van der Waals surface area contributed by atoms with E-state index < -0.39 is 18.0 Å². The minimum Gasteiger partial charge on any atom is -0.480 e. The van der Waals surface area contributed by atoms with Crippen LogP contribution in [0.5, 0.6) is 0 Å². The molecule has 22 heavy (non-hydrogen) atoms. The fraction of sp³-hybridized carbons (Fsp3) is 0.667. The maximum atomic E-state index is 12.2. The molecule has 1 atom stereocenters. The van der Waals surface area contributed by atoms with Gasteiger partial charge in [-0.2, -0.15) is 0 Å². The number of Topliss-reactive ketones (excluding diaryl/α,β-unsaturated/α-hetero) is 1. The molecule has 1 unspecified atom stereocenters. The molecular formula is C15H26N2O5. The van der Waals surface area contributed by atoms with Crippen molar-refractivity contribution >= 4 is 17.7 Å². The van der Waals surface area contributed by atoms with Gasteiger partial charge in [-0.05, 0) is 13.3 Å². The SMILES string of the molecule is C=C(C)CNC(CCN(CC(=O)O)CC(=O)O)C(=O)C(C)C. The molecule has 0 fully saturated rings. The second kappa shape index (κ2) is 10.1. The molecule has 0 rings (SSSR count). The van der Waals surface area contributed by atoms with Crippen LogP contribution in [0.15, 0.2) is 12.2 Å². The number of nitrogens with zero attached hydrogens (tertiary/aromatic N) is 1. The van der Waals surface area contributed by atoms with Gasteiger partial charge in [0.1, 0.15) is 0 Å². The van der Waals surface area contributed by atoms with Gasteiger partial charge in [-0.3, -0.25) is 19.3 Å². The third-order valence-electron chi connectivity index (χ3n) is 3.01. The first-order valence-electron chi connectivity index (χ1n) is 7.21. The number of ketones is 1. The zero-order valence-electron chi connectivity index (χ0n) is 13.5. The van der Waals surface area contributed by atoms with E-state index >= 15 is 0 Å². The van der Waals surface area contributed by atoms with Crippen LogP contribution in [0.1, 0.15) is 27.2 Å². The first kappa shape index (κ1) is 20.3. The van der Waals surface area contributed by atoms with Gasteiger partial charge < -0.3 is 15.5 Å². The molecule has 0 spiro atoms. The standard InChI is InChI=1S/C15H26N2O5/c1-10(2)7-16-12(15(22)11(3)4)5-6-17(8-13(18)19)9-14(20)21/h11-12,16H,1,5-9H2,2-4H3,(H,18,19)(H,20,21). The van der Waals surface area contributed by atoms with E-state index in [0.717, 1.165) is 5.57 Å². The van der Waals surface area contributed by atoms with Crippen LogP contribution in [0.25, 0.3) is 0 Å². The van der Waals surface area contributed by atoms with Crippen molar-refractivity contribution in [3.8, 4) is 0 Å². The summed E-state index contributed by atoms with van der Waals surface area (Å²) in [6.07, 6.45) is 0.352. The number of carbonyl (C=O) groups excluding carboxylic acids is 1. The maximum absolute atomic E-state index is 12.2. The highest BCUT2D eigenvalue weighted by Crippen LogP contribution is 2.06. The fourth-order valence-electron chi connectivity index (χ4n) is 1.95. The van der Waals surface area contributed by atoms with Gasteiger partial charge in [0, 0.05) is 19.0 Å². The lowest BCUT2D eigenvalue weighted by molar-refractivity contribution is -0.141. The molecule has 0 amide bonds. The highest BCUT2D eigenvalue weighted by Gasteiger charge is 2.22. The highest BCUT2D eigenvalue weighted by molar-refractivity contribution is 5.85. The molecule has 0 aromatic carbocycles. The first-order chi connectivity index (χ1) is 10.1. The summed E-state index contributed by atoms with van der Waals surface area (Å²) in [5.74, 6) is -2.33. The molecule has 0 aromatic heterocycles. The molecule has 7 nitrogen and oxygen atoms in total. The highest BCUT2D eigenvalue weighted by atomic mass is 16.4. The van der Waals surface area contributed by atoms with Crippen molar-refractivity contribution in [1.29, 1.82) is 0 Å². The Kier molecular flexibility index (Phi) is 9.28. The maximum Gasteiger partial charge on any atom is 0.317 e. The third-order valence-corrected chi connectivity index (χ3v) is 3.01. The number of hydrogen-bond donors (Lipinski definition) is 3. The number of hydrogen-bond acceptors (Lipinski definition) is 5. The minimum absolute atomic E-state index is 0.0202. The Morgan fingerprint density at radius 3 is 2.00 bits per heavy atom. The number of aliphatic carboxylic acids is 2. The summed E-state index contributed by atoms with van der Waals surface area (Å²) in [7, 11) is 0. The van der Waals surface area contributed by atoms with Crippen LogP contribution in [0, 0.1) is 5.92 Å². The third kappa shape index (κ3) is 9.25. The molecule has 126 valence electrons. The summed E-state index contributed by atoms with van der Waals surface area (Å²) in [6, 6.07) is -0.443. The smallest absolute Gasteiger partial charge is 0.317 e. The number of carboxylic acids is 2. The van der Waals surface area contributed by atoms with Crippen molar-refractivity contribution in [3.63, 3.8) is 0 Å². The number of rotatable bonds is 12. The van der Waals surface area contributed by atoms with Gasteiger partial charge in [0.2, 0.25) is 0 Å². The Hall–Kier alpha value is -1.73. The Bertz CT molecular complexity index is 404. The van der Waals surface area contributed by atoms with Crippen LogP contribution in [-0.2, 0) is 14.4 Å². The van der Waals surface area contributed by atoms with Gasteiger partial charge in [0.05, 0.1) is 19.1 Å². The largest absolute Gasteiger partial charge is 0.480 e. The lowest BCUT2D eigenvalue weighted by atomic mass is 9.98. The molecule has 0 bridgehead atoms. The van der Waals surface area contributed by atoms with Gasteiger partial charge >= 0.3 is 11.9 Å². The summed E-state index contributed by atoms with van der Waals surface area (Å²) in [4.78, 5) is 35.0. The van der Waals surface area contributed by atoms with Crippen molar-refractivity contribution in [2.75, 3.05) is 26.2 Å². The monoisotopic (exact) mass is 314 g/mol. The Morgan fingerprint density at radius 2 is 1.64 bits per heavy atom. The average Bonchev–Trinajstić information content (AvgIpc) is 2.35. The van der Waals surface area contributed by atoms with E-state index in [-0.39, 0.29) is 31.3 Å². The minimum atomic E-state index is -1.09. The molecule has 0 saturated heterocycles. The van der Waals surface area contributed by atoms with E-state index in [1.54, 1.807) is 13.8 Å². The van der Waals surface area contributed by atoms with Crippen molar-refractivity contribution < 1.29 is 24.6 Å². The van der Waals surface area contributed by atoms with Crippen LogP contribution >= 0.6 is 0 Å². The number of carbonyl (C=O) groups is 3. The van der Waals surface area contributed by atoms with Crippen LogP contribution in [0.4, 0.5) is 0 Å². The van der Waals surface area contributed by atoms with Crippen molar-refractivity contribution in [1.82, 2.24) is 10.2 Å². The second-order valence-electron chi connectivity index (χ2n) is 5.73. The average molecular weight is 314 g/mol. The molecule has 0 heterocycles. The molecule has 0 aromatic rings. The summed E-state index contributed by atoms with van der Waals surface area (Å²) in [5, 5.41) is 20.7. The number of nitrogens with one attached hydrogen (secondary N) is 1. The van der Waals surface area contributed by atoms with E-state index in [0.29, 0.717) is 13.0 Å². The molecule has 0 saturated carbocycles. The van der Waals surface area contributed by atoms with Crippen LogP contribution in [0.2, 0.25) is 0 Å². The lowest BCUT2D eigenvalue weighted by Crippen LogP contribution is -2.44. The lowest BCUT2D eigenvalue weighted by Gasteiger charge is -2.24. The van der Waals surface area contributed by atoms with Gasteiger partial charge in [-0.15, -0.1) is 0 Å². The van der Waals surface area contributed by atoms with Gasteiger partial charge in [-0.25, -0.2) is 0 Å². The molecular weight excluding hydrogens is 288 g/mol. The van der Waals surface area contributed by atoms with Crippen molar-refractivity contribution in [2.45, 2.75) is 33.2 Å². The molecule has 0 radical (unpaired) electrons. The Balaban J connectivity index is 4.72. The summed E-state index contributed by atoms with van der Waals surface area (Å²) in [6.45, 7) is 9.16. The van der Waals surface area contributed by atoms with E-state index in [1.807, 2.05) is 6.92 Å². The molecule has 0 aliphatic rings. The van der Waals surface area contributed by atoms with Crippen LogP contribution < -0.4 is 5.32 Å². The van der Waals surface area contributed by atoms with E-state index in [2.05, 4.69) is 11.9 Å². The topological polar surface area (TPSA) is 107 Å². The predicted octanol–water partition coefficient (Wildman–Crippen LogP) is 0.607. The Labute approximate surface area is 131 Å². The van der Waals surface area contributed by atoms with E-state index in [4.69, 9.17) is 10.2 Å². The first-order valence-corrected chi connectivity index (χ1v) is 7.21. The Morgan fingerprint density at radius 1 is 1.14 bits per heavy atom. The van der Waals surface area contributed by atoms with Gasteiger partial charge in [-0.1, -0.05) is 26.0 Å². The quantitative estimate of drug-likeness (QED) is 0.453. The predicted molar refractivity (Wildman–Crippen MR) is 82.8 cm³/mol. The van der Waals surface area contributed by atoms with Crippen LogP contribution in [-0.4, -0.2) is 65.1 Å². The normalized spacial score (nSPS) is 12.4. The van der Waals surface area contributed by atoms with E-state index in [9.17, 15) is 14.4 Å². The van der Waals surface area contributed by atoms with E-state index in [1.165, 1.54) is 4.90 Å².